The molecule has 1 atom stereocenters. The van der Waals surface area contributed by atoms with Crippen LogP contribution < -0.4 is 10.6 Å². The summed E-state index contributed by atoms with van der Waals surface area (Å²) in [4.78, 5) is 23.6. The second-order valence-electron chi connectivity index (χ2n) is 3.99. The number of rotatable bonds is 8. The predicted molar refractivity (Wildman–Crippen MR) is 67.2 cm³/mol. The van der Waals surface area contributed by atoms with Gasteiger partial charge in [-0.2, -0.15) is 0 Å². The van der Waals surface area contributed by atoms with E-state index in [0.717, 1.165) is 0 Å². The summed E-state index contributed by atoms with van der Waals surface area (Å²) < 4.78 is 4.71. The Balaban J connectivity index is 3.48. The van der Waals surface area contributed by atoms with Crippen LogP contribution in [0.5, 0.6) is 0 Å². The molecule has 0 aromatic rings. The first kappa shape index (κ1) is 16.7. The van der Waals surface area contributed by atoms with Gasteiger partial charge in [0.05, 0.1) is 19.1 Å². The van der Waals surface area contributed by atoms with Crippen molar-refractivity contribution < 1.29 is 19.4 Å². The number of aliphatic hydroxyl groups is 1. The average Bonchev–Trinajstić information content (AvgIpc) is 2.28. The van der Waals surface area contributed by atoms with Crippen LogP contribution in [0, 0.1) is 0 Å². The number of nitrogens with one attached hydrogen (secondary N) is 2. The zero-order valence-corrected chi connectivity index (χ0v) is 11.2. The highest BCUT2D eigenvalue weighted by atomic mass is 16.5. The molecule has 0 aromatic carbocycles. The Morgan fingerprint density at radius 1 is 1.33 bits per heavy atom. The van der Waals surface area contributed by atoms with Crippen LogP contribution in [0.25, 0.3) is 0 Å². The lowest BCUT2D eigenvalue weighted by molar-refractivity contribution is -0.145. The molecule has 0 saturated heterocycles. The number of esters is 1. The molecule has 0 fully saturated rings. The molecule has 18 heavy (non-hydrogen) atoms. The van der Waals surface area contributed by atoms with Crippen LogP contribution in [0.15, 0.2) is 0 Å². The number of carbonyl (C=O) groups excluding carboxylic acids is 2. The van der Waals surface area contributed by atoms with E-state index in [9.17, 15) is 14.7 Å². The highest BCUT2D eigenvalue weighted by Gasteiger charge is 2.10. The highest BCUT2D eigenvalue weighted by Crippen LogP contribution is 1.93. The van der Waals surface area contributed by atoms with Crippen molar-refractivity contribution in [1.29, 1.82) is 0 Å². The van der Waals surface area contributed by atoms with Crippen LogP contribution in [0.2, 0.25) is 0 Å². The summed E-state index contributed by atoms with van der Waals surface area (Å²) in [5.41, 5.74) is 0. The molecule has 2 amide bonds. The maximum Gasteiger partial charge on any atom is 0.316 e. The predicted octanol–water partition coefficient (Wildman–Crippen LogP) is -0.839. The Morgan fingerprint density at radius 3 is 2.56 bits per heavy atom. The molecule has 7 heteroatoms. The van der Waals surface area contributed by atoms with E-state index in [2.05, 4.69) is 10.6 Å². The number of hydrogen-bond acceptors (Lipinski definition) is 5. The Labute approximate surface area is 107 Å². The van der Waals surface area contributed by atoms with Gasteiger partial charge in [0.15, 0.2) is 0 Å². The molecule has 0 rings (SSSR count). The quantitative estimate of drug-likeness (QED) is 0.391. The normalized spacial score (nSPS) is 11.8. The number of carbonyl (C=O) groups is 2. The smallest absolute Gasteiger partial charge is 0.316 e. The zero-order chi connectivity index (χ0) is 14.0. The zero-order valence-electron chi connectivity index (χ0n) is 11.2. The molecule has 0 aromatic heterocycles. The summed E-state index contributed by atoms with van der Waals surface area (Å²) in [7, 11) is 3.32. The topological polar surface area (TPSA) is 90.9 Å². The summed E-state index contributed by atoms with van der Waals surface area (Å²) in [5, 5.41) is 15.1. The van der Waals surface area contributed by atoms with Crippen LogP contribution in [0.4, 0.5) is 4.79 Å². The van der Waals surface area contributed by atoms with Gasteiger partial charge < -0.3 is 25.4 Å². The van der Waals surface area contributed by atoms with Crippen molar-refractivity contribution in [3.05, 3.63) is 0 Å². The largest absolute Gasteiger partial charge is 0.466 e. The van der Waals surface area contributed by atoms with Crippen molar-refractivity contribution in [1.82, 2.24) is 15.5 Å². The first-order valence-corrected chi connectivity index (χ1v) is 5.97. The first-order valence-electron chi connectivity index (χ1n) is 5.97. The minimum absolute atomic E-state index is 0.0229. The molecule has 0 spiro atoms. The average molecular weight is 261 g/mol. The molecule has 0 aliphatic heterocycles. The van der Waals surface area contributed by atoms with E-state index in [1.165, 1.54) is 4.90 Å². The van der Waals surface area contributed by atoms with Crippen molar-refractivity contribution in [2.24, 2.45) is 0 Å². The van der Waals surface area contributed by atoms with E-state index in [1.54, 1.807) is 21.0 Å². The fourth-order valence-corrected chi connectivity index (χ4v) is 1.17. The van der Waals surface area contributed by atoms with Gasteiger partial charge in [-0.15, -0.1) is 0 Å². The summed E-state index contributed by atoms with van der Waals surface area (Å²) in [6.07, 6.45) is -0.793. The minimum Gasteiger partial charge on any atom is -0.466 e. The van der Waals surface area contributed by atoms with Crippen LogP contribution >= 0.6 is 0 Å². The van der Waals surface area contributed by atoms with Gasteiger partial charge in [0.1, 0.15) is 0 Å². The fraction of sp³-hybridized carbons (Fsp3) is 0.818. The van der Waals surface area contributed by atoms with Crippen molar-refractivity contribution in [3.63, 3.8) is 0 Å². The molecular weight excluding hydrogens is 238 g/mol. The Morgan fingerprint density at radius 2 is 2.00 bits per heavy atom. The van der Waals surface area contributed by atoms with Gasteiger partial charge in [0, 0.05) is 33.7 Å². The molecule has 7 nitrogen and oxygen atoms in total. The van der Waals surface area contributed by atoms with E-state index in [1.807, 2.05) is 0 Å². The van der Waals surface area contributed by atoms with Gasteiger partial charge in [0.2, 0.25) is 0 Å². The van der Waals surface area contributed by atoms with Gasteiger partial charge in [-0.25, -0.2) is 4.79 Å². The fourth-order valence-electron chi connectivity index (χ4n) is 1.17. The van der Waals surface area contributed by atoms with Gasteiger partial charge in [-0.05, 0) is 6.92 Å². The molecule has 106 valence electrons. The lowest BCUT2D eigenvalue weighted by atomic mass is 10.2. The minimum atomic E-state index is -0.770. The van der Waals surface area contributed by atoms with Crippen LogP contribution in [-0.2, 0) is 9.53 Å². The third kappa shape index (κ3) is 8.77. The SMILES string of the molecule is CCOC(=O)CC(O)CNCCNC(=O)N(C)C. The van der Waals surface area contributed by atoms with Crippen LogP contribution in [-0.4, -0.2) is 68.4 Å². The third-order valence-electron chi connectivity index (χ3n) is 2.07. The summed E-state index contributed by atoms with van der Waals surface area (Å²) in [5.74, 6) is -0.410. The summed E-state index contributed by atoms with van der Waals surface area (Å²) in [6, 6.07) is -0.163. The molecule has 0 aliphatic rings. The van der Waals surface area contributed by atoms with E-state index in [-0.39, 0.29) is 19.0 Å². The van der Waals surface area contributed by atoms with Crippen molar-refractivity contribution in [3.8, 4) is 0 Å². The van der Waals surface area contributed by atoms with Gasteiger partial charge in [-0.3, -0.25) is 4.79 Å². The van der Waals surface area contributed by atoms with E-state index < -0.39 is 12.1 Å². The standard InChI is InChI=1S/C11H23N3O4/c1-4-18-10(16)7-9(15)8-12-5-6-13-11(17)14(2)3/h9,12,15H,4-8H2,1-3H3,(H,13,17). The van der Waals surface area contributed by atoms with Gasteiger partial charge in [0.25, 0.3) is 0 Å². The Hall–Kier alpha value is -1.34. The lowest BCUT2D eigenvalue weighted by Gasteiger charge is -2.13. The molecule has 0 saturated carbocycles. The van der Waals surface area contributed by atoms with Crippen LogP contribution in [0.1, 0.15) is 13.3 Å². The summed E-state index contributed by atoms with van der Waals surface area (Å²) >= 11 is 0. The maximum absolute atomic E-state index is 11.1. The van der Waals surface area contributed by atoms with Crippen molar-refractivity contribution in [2.75, 3.05) is 40.3 Å². The number of ether oxygens (including phenoxy) is 1. The molecule has 0 bridgehead atoms. The number of amides is 2. The number of urea groups is 1. The molecule has 0 aliphatic carbocycles. The lowest BCUT2D eigenvalue weighted by Crippen LogP contribution is -2.40. The molecule has 3 N–H and O–H groups in total. The van der Waals surface area contributed by atoms with E-state index in [0.29, 0.717) is 19.7 Å². The Bertz CT molecular complexity index is 259. The maximum atomic E-state index is 11.1. The number of hydrogen-bond donors (Lipinski definition) is 3. The number of nitrogens with zero attached hydrogens (tertiary/aromatic N) is 1. The Kier molecular flexibility index (Phi) is 8.95. The molecule has 0 radical (unpaired) electrons. The second-order valence-corrected chi connectivity index (χ2v) is 3.99. The van der Waals surface area contributed by atoms with Crippen molar-refractivity contribution in [2.45, 2.75) is 19.4 Å². The third-order valence-corrected chi connectivity index (χ3v) is 2.07. The van der Waals surface area contributed by atoms with Crippen LogP contribution in [0.3, 0.4) is 0 Å². The number of aliphatic hydroxyl groups excluding tert-OH is 1. The van der Waals surface area contributed by atoms with Crippen molar-refractivity contribution >= 4 is 12.0 Å². The molecule has 0 heterocycles. The monoisotopic (exact) mass is 261 g/mol. The van der Waals surface area contributed by atoms with E-state index in [4.69, 9.17) is 4.74 Å². The van der Waals surface area contributed by atoms with E-state index >= 15 is 0 Å². The molecule has 1 unspecified atom stereocenters. The van der Waals surface area contributed by atoms with Gasteiger partial charge in [-0.1, -0.05) is 0 Å². The summed E-state index contributed by atoms with van der Waals surface area (Å²) in [6.45, 7) is 3.31. The molecular formula is C11H23N3O4. The first-order chi connectivity index (χ1) is 8.47. The highest BCUT2D eigenvalue weighted by molar-refractivity contribution is 5.73. The van der Waals surface area contributed by atoms with Gasteiger partial charge >= 0.3 is 12.0 Å². The second kappa shape index (κ2) is 9.67.